The van der Waals surface area contributed by atoms with E-state index >= 15 is 0 Å². The molecule has 0 aliphatic carbocycles. The second-order valence-corrected chi connectivity index (χ2v) is 4.89. The van der Waals surface area contributed by atoms with Crippen LogP contribution in [-0.2, 0) is 0 Å². The molecule has 0 unspecified atom stereocenters. The maximum atomic E-state index is 12.3. The van der Waals surface area contributed by atoms with Crippen molar-refractivity contribution in [2.45, 2.75) is 25.8 Å². The van der Waals surface area contributed by atoms with Crippen LogP contribution in [0, 0.1) is 6.92 Å². The first-order valence-electron chi connectivity index (χ1n) is 6.65. The van der Waals surface area contributed by atoms with Crippen molar-refractivity contribution in [3.05, 3.63) is 41.9 Å². The molecule has 0 spiro atoms. The molecule has 20 heavy (non-hydrogen) atoms. The first-order valence-corrected chi connectivity index (χ1v) is 6.65. The first-order chi connectivity index (χ1) is 9.74. The Morgan fingerprint density at radius 2 is 2.45 bits per heavy atom. The number of anilines is 1. The van der Waals surface area contributed by atoms with E-state index < -0.39 is 0 Å². The van der Waals surface area contributed by atoms with Gasteiger partial charge in [0.1, 0.15) is 5.76 Å². The molecule has 0 saturated carbocycles. The van der Waals surface area contributed by atoms with Gasteiger partial charge in [-0.1, -0.05) is 11.2 Å². The normalized spacial score (nSPS) is 18.2. The second-order valence-electron chi connectivity index (χ2n) is 4.89. The molecule has 3 rings (SSSR count). The predicted octanol–water partition coefficient (Wildman–Crippen LogP) is 2.75. The smallest absolute Gasteiger partial charge is 0.323 e. The molecule has 104 valence electrons. The highest BCUT2D eigenvalue weighted by atomic mass is 16.5. The number of nitrogens with one attached hydrogen (secondary N) is 1. The average molecular weight is 272 g/mol. The van der Waals surface area contributed by atoms with Crippen LogP contribution in [-0.4, -0.2) is 27.6 Å². The van der Waals surface area contributed by atoms with Crippen LogP contribution >= 0.6 is 0 Å². The van der Waals surface area contributed by atoms with E-state index in [1.54, 1.807) is 19.2 Å². The zero-order valence-electron chi connectivity index (χ0n) is 11.2. The molecular weight excluding hydrogens is 256 g/mol. The van der Waals surface area contributed by atoms with E-state index in [0.717, 1.165) is 24.9 Å². The van der Waals surface area contributed by atoms with Gasteiger partial charge in [0.25, 0.3) is 0 Å². The molecule has 1 atom stereocenters. The van der Waals surface area contributed by atoms with Crippen molar-refractivity contribution < 1.29 is 9.32 Å². The minimum Gasteiger partial charge on any atom is -0.360 e. The van der Waals surface area contributed by atoms with Crippen LogP contribution in [0.1, 0.15) is 30.2 Å². The highest BCUT2D eigenvalue weighted by Crippen LogP contribution is 2.31. The van der Waals surface area contributed by atoms with Crippen molar-refractivity contribution in [3.63, 3.8) is 0 Å². The lowest BCUT2D eigenvalue weighted by Gasteiger charge is -2.24. The zero-order chi connectivity index (χ0) is 13.9. The number of urea groups is 1. The van der Waals surface area contributed by atoms with Crippen LogP contribution in [0.5, 0.6) is 0 Å². The van der Waals surface area contributed by atoms with Crippen LogP contribution in [0.25, 0.3) is 0 Å². The zero-order valence-corrected chi connectivity index (χ0v) is 11.2. The van der Waals surface area contributed by atoms with E-state index in [9.17, 15) is 4.79 Å². The first kappa shape index (κ1) is 12.7. The van der Waals surface area contributed by atoms with E-state index in [0.29, 0.717) is 11.6 Å². The lowest BCUT2D eigenvalue weighted by Crippen LogP contribution is -2.34. The predicted molar refractivity (Wildman–Crippen MR) is 73.2 cm³/mol. The van der Waals surface area contributed by atoms with Crippen molar-refractivity contribution in [2.24, 2.45) is 0 Å². The third-order valence-electron chi connectivity index (χ3n) is 3.45. The Balaban J connectivity index is 1.73. The van der Waals surface area contributed by atoms with Crippen LogP contribution in [0.3, 0.4) is 0 Å². The van der Waals surface area contributed by atoms with Crippen LogP contribution in [0.2, 0.25) is 0 Å². The summed E-state index contributed by atoms with van der Waals surface area (Å²) >= 11 is 0. The number of likely N-dealkylation sites (tertiary alicyclic amines) is 1. The van der Waals surface area contributed by atoms with E-state index in [-0.39, 0.29) is 12.1 Å². The van der Waals surface area contributed by atoms with Gasteiger partial charge in [-0.3, -0.25) is 10.3 Å². The Bertz CT molecular complexity index is 596. The minimum absolute atomic E-state index is 0.0803. The van der Waals surface area contributed by atoms with Crippen LogP contribution in [0.15, 0.2) is 35.1 Å². The number of carbonyl (C=O) groups is 1. The molecule has 1 saturated heterocycles. The average Bonchev–Trinajstić information content (AvgIpc) is 3.09. The van der Waals surface area contributed by atoms with Gasteiger partial charge in [0.05, 0.1) is 6.04 Å². The summed E-state index contributed by atoms with van der Waals surface area (Å²) in [6.07, 6.45) is 5.50. The lowest BCUT2D eigenvalue weighted by atomic mass is 10.1. The molecule has 0 radical (unpaired) electrons. The summed E-state index contributed by atoms with van der Waals surface area (Å²) in [5.74, 6) is 1.12. The molecule has 1 aliphatic rings. The number of carbonyl (C=O) groups excluding carboxylic acids is 1. The molecule has 1 aliphatic heterocycles. The number of aryl methyl sites for hydroxylation is 1. The van der Waals surface area contributed by atoms with E-state index in [1.165, 1.54) is 0 Å². The summed E-state index contributed by atoms with van der Waals surface area (Å²) in [4.78, 5) is 18.3. The Labute approximate surface area is 116 Å². The van der Waals surface area contributed by atoms with Gasteiger partial charge in [0, 0.05) is 25.0 Å². The maximum absolute atomic E-state index is 12.3. The van der Waals surface area contributed by atoms with E-state index in [4.69, 9.17) is 4.52 Å². The van der Waals surface area contributed by atoms with Gasteiger partial charge in [-0.05, 0) is 31.4 Å². The van der Waals surface area contributed by atoms with E-state index in [1.807, 2.05) is 23.2 Å². The monoisotopic (exact) mass is 272 g/mol. The number of rotatable bonds is 2. The number of hydrogen-bond acceptors (Lipinski definition) is 4. The maximum Gasteiger partial charge on any atom is 0.323 e. The Morgan fingerprint density at radius 3 is 3.15 bits per heavy atom. The summed E-state index contributed by atoms with van der Waals surface area (Å²) < 4.78 is 4.95. The molecule has 3 heterocycles. The highest BCUT2D eigenvalue weighted by Gasteiger charge is 2.30. The fourth-order valence-corrected chi connectivity index (χ4v) is 2.54. The van der Waals surface area contributed by atoms with Crippen LogP contribution < -0.4 is 5.32 Å². The number of aromatic nitrogens is 2. The summed E-state index contributed by atoms with van der Waals surface area (Å²) in [5, 5.41) is 6.55. The molecular formula is C14H16N4O2. The van der Waals surface area contributed by atoms with Gasteiger partial charge in [0.15, 0.2) is 5.82 Å². The second kappa shape index (κ2) is 5.32. The molecule has 2 amide bonds. The Morgan fingerprint density at radius 1 is 1.55 bits per heavy atom. The third kappa shape index (κ3) is 2.49. The molecule has 6 nitrogen and oxygen atoms in total. The quantitative estimate of drug-likeness (QED) is 0.912. The fourth-order valence-electron chi connectivity index (χ4n) is 2.54. The SMILES string of the molecule is Cc1cc(NC(=O)N2CCC[C@H]2c2cccnc2)no1. The largest absolute Gasteiger partial charge is 0.360 e. The van der Waals surface area contributed by atoms with Gasteiger partial charge >= 0.3 is 6.03 Å². The third-order valence-corrected chi connectivity index (χ3v) is 3.45. The summed E-state index contributed by atoms with van der Waals surface area (Å²) in [5.41, 5.74) is 1.07. The number of nitrogens with zero attached hydrogens (tertiary/aromatic N) is 3. The Hall–Kier alpha value is -2.37. The van der Waals surface area contributed by atoms with E-state index in [2.05, 4.69) is 15.5 Å². The number of pyridine rings is 1. The lowest BCUT2D eigenvalue weighted by molar-refractivity contribution is 0.206. The summed E-state index contributed by atoms with van der Waals surface area (Å²) in [6, 6.07) is 5.53. The molecule has 2 aromatic heterocycles. The fraction of sp³-hybridized carbons (Fsp3) is 0.357. The van der Waals surface area contributed by atoms with Crippen molar-refractivity contribution in [1.82, 2.24) is 15.0 Å². The van der Waals surface area contributed by atoms with Gasteiger partial charge in [-0.2, -0.15) is 0 Å². The number of hydrogen-bond donors (Lipinski definition) is 1. The van der Waals surface area contributed by atoms with Gasteiger partial charge in [0.2, 0.25) is 0 Å². The topological polar surface area (TPSA) is 71.3 Å². The van der Waals surface area contributed by atoms with Gasteiger partial charge in [-0.25, -0.2) is 4.79 Å². The molecule has 0 aromatic carbocycles. The molecule has 6 heteroatoms. The van der Waals surface area contributed by atoms with Crippen molar-refractivity contribution in [1.29, 1.82) is 0 Å². The molecule has 1 fully saturated rings. The van der Waals surface area contributed by atoms with Crippen molar-refractivity contribution in [2.75, 3.05) is 11.9 Å². The van der Waals surface area contributed by atoms with Gasteiger partial charge < -0.3 is 9.42 Å². The highest BCUT2D eigenvalue weighted by molar-refractivity contribution is 5.88. The Kier molecular flexibility index (Phi) is 3.37. The molecule has 0 bridgehead atoms. The van der Waals surface area contributed by atoms with Gasteiger partial charge in [-0.15, -0.1) is 0 Å². The summed E-state index contributed by atoms with van der Waals surface area (Å²) in [6.45, 7) is 2.53. The standard InChI is InChI=1S/C14H16N4O2/c1-10-8-13(17-20-10)16-14(19)18-7-3-5-12(18)11-4-2-6-15-9-11/h2,4,6,8-9,12H,3,5,7H2,1H3,(H,16,17,19)/t12-/m0/s1. The molecule has 2 aromatic rings. The molecule has 1 N–H and O–H groups in total. The van der Waals surface area contributed by atoms with Crippen molar-refractivity contribution >= 4 is 11.8 Å². The summed E-state index contributed by atoms with van der Waals surface area (Å²) in [7, 11) is 0. The minimum atomic E-state index is -0.148. The number of amides is 2. The van der Waals surface area contributed by atoms with Crippen molar-refractivity contribution in [3.8, 4) is 0 Å². The van der Waals surface area contributed by atoms with Crippen LogP contribution in [0.4, 0.5) is 10.6 Å².